The van der Waals surface area contributed by atoms with Crippen LogP contribution in [0.2, 0.25) is 0 Å². The van der Waals surface area contributed by atoms with Crippen LogP contribution in [0.4, 0.5) is 0 Å². The van der Waals surface area contributed by atoms with E-state index in [2.05, 4.69) is 17.2 Å². The Bertz CT molecular complexity index is 297. The molecule has 1 aliphatic heterocycles. The van der Waals surface area contributed by atoms with E-state index in [0.29, 0.717) is 18.4 Å². The third kappa shape index (κ3) is 1.58. The molecule has 0 aliphatic carbocycles. The van der Waals surface area contributed by atoms with Crippen LogP contribution in [0.5, 0.6) is 0 Å². The normalized spacial score (nSPS) is 27.6. The van der Waals surface area contributed by atoms with Crippen LogP contribution in [0.3, 0.4) is 0 Å². The Kier molecular flexibility index (Phi) is 2.31. The van der Waals surface area contributed by atoms with Crippen LogP contribution >= 0.6 is 11.3 Å². The number of hydrogen-bond donors (Lipinski definition) is 1. The Balaban J connectivity index is 2.19. The average molecular weight is 196 g/mol. The van der Waals surface area contributed by atoms with E-state index in [4.69, 9.17) is 0 Å². The van der Waals surface area contributed by atoms with Gasteiger partial charge >= 0.3 is 0 Å². The highest BCUT2D eigenvalue weighted by Crippen LogP contribution is 2.30. The molecule has 70 valence electrons. The second-order valence-electron chi connectivity index (χ2n) is 3.26. The zero-order valence-electron chi connectivity index (χ0n) is 7.49. The molecule has 0 spiro atoms. The molecule has 2 rings (SSSR count). The molecule has 2 atom stereocenters. The molecule has 1 saturated heterocycles. The van der Waals surface area contributed by atoms with Crippen molar-refractivity contribution in [3.63, 3.8) is 0 Å². The van der Waals surface area contributed by atoms with E-state index in [1.54, 1.807) is 17.5 Å². The van der Waals surface area contributed by atoms with Crippen LogP contribution in [-0.4, -0.2) is 16.9 Å². The number of hydrogen-bond acceptors (Lipinski definition) is 3. The van der Waals surface area contributed by atoms with Gasteiger partial charge in [-0.05, 0) is 6.42 Å². The van der Waals surface area contributed by atoms with E-state index in [1.807, 2.05) is 5.38 Å². The van der Waals surface area contributed by atoms with Crippen LogP contribution in [0.15, 0.2) is 11.6 Å². The van der Waals surface area contributed by atoms with Gasteiger partial charge in [-0.1, -0.05) is 6.92 Å². The molecule has 2 unspecified atom stereocenters. The van der Waals surface area contributed by atoms with Crippen molar-refractivity contribution in [3.8, 4) is 0 Å². The lowest BCUT2D eigenvalue weighted by atomic mass is 10.00. The average Bonchev–Trinajstić information content (AvgIpc) is 2.71. The van der Waals surface area contributed by atoms with Gasteiger partial charge in [0.05, 0.1) is 5.01 Å². The molecular formula is C9H12N2OS. The molecule has 1 aromatic heterocycles. The monoisotopic (exact) mass is 196 g/mol. The molecule has 0 aromatic carbocycles. The second kappa shape index (κ2) is 3.46. The number of carbonyl (C=O) groups is 1. The smallest absolute Gasteiger partial charge is 0.221 e. The Morgan fingerprint density at radius 1 is 1.77 bits per heavy atom. The molecule has 1 amide bonds. The van der Waals surface area contributed by atoms with E-state index >= 15 is 0 Å². The highest BCUT2D eigenvalue weighted by Gasteiger charge is 2.33. The second-order valence-corrected chi connectivity index (χ2v) is 4.19. The Hall–Kier alpha value is -0.900. The summed E-state index contributed by atoms with van der Waals surface area (Å²) in [6, 6.07) is 0.290. The maximum absolute atomic E-state index is 11.2. The number of nitrogens with one attached hydrogen (secondary N) is 1. The SMILES string of the molecule is CCC1NC(=O)CC1c1nccs1. The van der Waals surface area contributed by atoms with Gasteiger partial charge in [0.2, 0.25) is 5.91 Å². The molecule has 4 heteroatoms. The molecule has 1 aliphatic rings. The molecule has 0 radical (unpaired) electrons. The minimum absolute atomic E-state index is 0.159. The Morgan fingerprint density at radius 3 is 3.23 bits per heavy atom. The summed E-state index contributed by atoms with van der Waals surface area (Å²) in [6.07, 6.45) is 3.39. The largest absolute Gasteiger partial charge is 0.353 e. The first-order valence-corrected chi connectivity index (χ1v) is 5.38. The number of thiazole rings is 1. The van der Waals surface area contributed by atoms with E-state index in [0.717, 1.165) is 11.4 Å². The van der Waals surface area contributed by atoms with Gasteiger partial charge in [-0.15, -0.1) is 11.3 Å². The molecular weight excluding hydrogens is 184 g/mol. The molecule has 2 heterocycles. The minimum Gasteiger partial charge on any atom is -0.353 e. The fraction of sp³-hybridized carbons (Fsp3) is 0.556. The summed E-state index contributed by atoms with van der Waals surface area (Å²) in [5.74, 6) is 0.463. The number of rotatable bonds is 2. The topological polar surface area (TPSA) is 42.0 Å². The number of carbonyl (C=O) groups excluding carboxylic acids is 1. The van der Waals surface area contributed by atoms with Crippen LogP contribution in [0, 0.1) is 0 Å². The zero-order chi connectivity index (χ0) is 9.26. The maximum atomic E-state index is 11.2. The zero-order valence-corrected chi connectivity index (χ0v) is 8.30. The van der Waals surface area contributed by atoms with Gasteiger partial charge in [-0.2, -0.15) is 0 Å². The van der Waals surface area contributed by atoms with Crippen molar-refractivity contribution in [1.29, 1.82) is 0 Å². The van der Waals surface area contributed by atoms with E-state index < -0.39 is 0 Å². The summed E-state index contributed by atoms with van der Waals surface area (Å²) in [4.78, 5) is 15.4. The summed E-state index contributed by atoms with van der Waals surface area (Å²) >= 11 is 1.64. The van der Waals surface area contributed by atoms with Crippen molar-refractivity contribution in [1.82, 2.24) is 10.3 Å². The Morgan fingerprint density at radius 2 is 2.62 bits per heavy atom. The molecule has 0 bridgehead atoms. The van der Waals surface area contributed by atoms with Crippen molar-refractivity contribution < 1.29 is 4.79 Å². The highest BCUT2D eigenvalue weighted by atomic mass is 32.1. The summed E-state index contributed by atoms with van der Waals surface area (Å²) in [5.41, 5.74) is 0. The lowest BCUT2D eigenvalue weighted by Crippen LogP contribution is -2.27. The molecule has 1 fully saturated rings. The third-order valence-corrected chi connectivity index (χ3v) is 3.35. The van der Waals surface area contributed by atoms with Crippen molar-refractivity contribution in [3.05, 3.63) is 16.6 Å². The van der Waals surface area contributed by atoms with Crippen molar-refractivity contribution in [2.45, 2.75) is 31.7 Å². The van der Waals surface area contributed by atoms with Gasteiger partial charge in [0.25, 0.3) is 0 Å². The first-order chi connectivity index (χ1) is 6.31. The Labute approximate surface area is 81.2 Å². The van der Waals surface area contributed by atoms with Gasteiger partial charge in [-0.3, -0.25) is 4.79 Å². The highest BCUT2D eigenvalue weighted by molar-refractivity contribution is 7.09. The summed E-state index contributed by atoms with van der Waals surface area (Å²) in [6.45, 7) is 2.09. The van der Waals surface area contributed by atoms with Crippen LogP contribution in [0.1, 0.15) is 30.7 Å². The van der Waals surface area contributed by atoms with Gasteiger partial charge in [0.1, 0.15) is 0 Å². The summed E-state index contributed by atoms with van der Waals surface area (Å²) in [7, 11) is 0. The van der Waals surface area contributed by atoms with Gasteiger partial charge in [0, 0.05) is 30.0 Å². The molecule has 13 heavy (non-hydrogen) atoms. The lowest BCUT2D eigenvalue weighted by molar-refractivity contribution is -0.119. The van der Waals surface area contributed by atoms with Crippen LogP contribution < -0.4 is 5.32 Å². The first kappa shape index (κ1) is 8.69. The van der Waals surface area contributed by atoms with Gasteiger partial charge in [-0.25, -0.2) is 4.98 Å². The standard InChI is InChI=1S/C9H12N2OS/c1-2-7-6(5-8(12)11-7)9-10-3-4-13-9/h3-4,6-7H,2,5H2,1H3,(H,11,12). The summed E-state index contributed by atoms with van der Waals surface area (Å²) < 4.78 is 0. The van der Waals surface area contributed by atoms with Crippen molar-refractivity contribution in [2.24, 2.45) is 0 Å². The first-order valence-electron chi connectivity index (χ1n) is 4.50. The van der Waals surface area contributed by atoms with E-state index in [9.17, 15) is 4.79 Å². The lowest BCUT2D eigenvalue weighted by Gasteiger charge is -2.13. The minimum atomic E-state index is 0.159. The number of nitrogens with zero attached hydrogens (tertiary/aromatic N) is 1. The predicted molar refractivity (Wildman–Crippen MR) is 51.7 cm³/mol. The molecule has 0 saturated carbocycles. The van der Waals surface area contributed by atoms with Crippen molar-refractivity contribution in [2.75, 3.05) is 0 Å². The number of aromatic nitrogens is 1. The van der Waals surface area contributed by atoms with Crippen molar-refractivity contribution >= 4 is 17.2 Å². The fourth-order valence-corrected chi connectivity index (χ4v) is 2.58. The maximum Gasteiger partial charge on any atom is 0.221 e. The van der Waals surface area contributed by atoms with E-state index in [-0.39, 0.29) is 5.91 Å². The van der Waals surface area contributed by atoms with Crippen LogP contribution in [0.25, 0.3) is 0 Å². The van der Waals surface area contributed by atoms with Crippen LogP contribution in [-0.2, 0) is 4.79 Å². The fourth-order valence-electron chi connectivity index (χ4n) is 1.77. The van der Waals surface area contributed by atoms with Gasteiger partial charge in [0.15, 0.2) is 0 Å². The number of amides is 1. The molecule has 3 nitrogen and oxygen atoms in total. The van der Waals surface area contributed by atoms with Gasteiger partial charge < -0.3 is 5.32 Å². The third-order valence-electron chi connectivity index (χ3n) is 2.45. The molecule has 1 aromatic rings. The quantitative estimate of drug-likeness (QED) is 0.779. The summed E-state index contributed by atoms with van der Waals surface area (Å²) in [5, 5.41) is 6.02. The molecule has 1 N–H and O–H groups in total. The predicted octanol–water partition coefficient (Wildman–Crippen LogP) is 1.53. The van der Waals surface area contributed by atoms with E-state index in [1.165, 1.54) is 0 Å².